The average molecular weight is 551 g/mol. The van der Waals surface area contributed by atoms with Crippen molar-refractivity contribution in [3.8, 4) is 5.75 Å². The molecule has 3 rings (SSSR count). The number of urea groups is 1. The number of fused-ring (bicyclic) bond motifs is 1. The molecule has 0 saturated carbocycles. The predicted molar refractivity (Wildman–Crippen MR) is 141 cm³/mol. The molecule has 0 spiro atoms. The zero-order chi connectivity index (χ0) is 28.2. The Labute approximate surface area is 222 Å². The van der Waals surface area contributed by atoms with Crippen molar-refractivity contribution in [3.05, 3.63) is 53.8 Å². The Morgan fingerprint density at radius 3 is 2.47 bits per heavy atom. The molecular weight excluding hydrogens is 515 g/mol. The molecule has 0 saturated heterocycles. The summed E-state index contributed by atoms with van der Waals surface area (Å²) in [6, 6.07) is 8.15. The third kappa shape index (κ3) is 6.61. The second-order valence-electron chi connectivity index (χ2n) is 9.80. The fraction of sp³-hybridized carbons (Fsp3) is 0.462. The molecule has 0 aromatic heterocycles. The van der Waals surface area contributed by atoms with Gasteiger partial charge in [0.25, 0.3) is 5.91 Å². The van der Waals surface area contributed by atoms with E-state index in [9.17, 15) is 27.5 Å². The van der Waals surface area contributed by atoms with Gasteiger partial charge in [-0.3, -0.25) is 4.79 Å². The highest BCUT2D eigenvalue weighted by molar-refractivity contribution is 7.89. The fourth-order valence-corrected chi connectivity index (χ4v) is 5.30. The van der Waals surface area contributed by atoms with Crippen molar-refractivity contribution in [2.75, 3.05) is 32.1 Å². The number of aliphatic hydroxyl groups is 1. The highest BCUT2D eigenvalue weighted by Gasteiger charge is 2.36. The van der Waals surface area contributed by atoms with Crippen LogP contribution in [0.2, 0.25) is 0 Å². The summed E-state index contributed by atoms with van der Waals surface area (Å²) in [6.45, 7) is 6.97. The number of likely N-dealkylation sites (N-methyl/N-ethyl adjacent to an activating group) is 1. The van der Waals surface area contributed by atoms with Gasteiger partial charge in [0.15, 0.2) is 5.75 Å². The molecular formula is C26H35FN4O6S. The summed E-state index contributed by atoms with van der Waals surface area (Å²) in [7, 11) is -2.58. The molecule has 3 atom stereocenters. The molecule has 0 radical (unpaired) electrons. The van der Waals surface area contributed by atoms with E-state index in [1.807, 2.05) is 6.92 Å². The zero-order valence-corrected chi connectivity index (χ0v) is 23.0. The van der Waals surface area contributed by atoms with Gasteiger partial charge in [-0.15, -0.1) is 0 Å². The molecule has 0 aliphatic carbocycles. The number of aliphatic hydroxyl groups excluding tert-OH is 1. The molecule has 208 valence electrons. The molecule has 2 aromatic rings. The smallest absolute Gasteiger partial charge is 0.319 e. The van der Waals surface area contributed by atoms with Crippen molar-refractivity contribution >= 4 is 27.6 Å². The Morgan fingerprint density at radius 2 is 1.87 bits per heavy atom. The highest BCUT2D eigenvalue weighted by Crippen LogP contribution is 2.35. The van der Waals surface area contributed by atoms with E-state index in [2.05, 4.69) is 10.6 Å². The molecule has 0 bridgehead atoms. The number of nitrogens with zero attached hydrogens (tertiary/aromatic N) is 2. The minimum atomic E-state index is -3.98. The van der Waals surface area contributed by atoms with E-state index < -0.39 is 34.0 Å². The molecule has 1 aliphatic rings. The lowest BCUT2D eigenvalue weighted by Crippen LogP contribution is -2.50. The number of hydrogen-bond acceptors (Lipinski definition) is 6. The van der Waals surface area contributed by atoms with Gasteiger partial charge in [0.1, 0.15) is 11.9 Å². The van der Waals surface area contributed by atoms with Crippen molar-refractivity contribution in [1.29, 1.82) is 0 Å². The van der Waals surface area contributed by atoms with E-state index in [0.29, 0.717) is 0 Å². The zero-order valence-electron chi connectivity index (χ0n) is 22.1. The van der Waals surface area contributed by atoms with Crippen LogP contribution < -0.4 is 15.4 Å². The number of anilines is 1. The number of benzene rings is 2. The molecule has 2 aromatic carbocycles. The molecule has 10 nitrogen and oxygen atoms in total. The Hall–Kier alpha value is -3.22. The summed E-state index contributed by atoms with van der Waals surface area (Å²) in [5.41, 5.74) is 0.419. The fourth-order valence-electron chi connectivity index (χ4n) is 4.12. The Kier molecular flexibility index (Phi) is 9.34. The second-order valence-corrected chi connectivity index (χ2v) is 11.8. The third-order valence-corrected chi connectivity index (χ3v) is 8.16. The maximum Gasteiger partial charge on any atom is 0.319 e. The van der Waals surface area contributed by atoms with Crippen LogP contribution in [-0.2, 0) is 10.0 Å². The van der Waals surface area contributed by atoms with Gasteiger partial charge in [-0.2, -0.15) is 4.31 Å². The monoisotopic (exact) mass is 550 g/mol. The summed E-state index contributed by atoms with van der Waals surface area (Å²) in [6.07, 6.45) is -0.744. The summed E-state index contributed by atoms with van der Waals surface area (Å²) < 4.78 is 47.2. The summed E-state index contributed by atoms with van der Waals surface area (Å²) >= 11 is 0. The van der Waals surface area contributed by atoms with Crippen molar-refractivity contribution < 1.29 is 32.2 Å². The van der Waals surface area contributed by atoms with Crippen LogP contribution in [0.1, 0.15) is 38.1 Å². The largest absolute Gasteiger partial charge is 0.486 e. The quantitative estimate of drug-likeness (QED) is 0.464. The van der Waals surface area contributed by atoms with Crippen molar-refractivity contribution in [1.82, 2.24) is 14.5 Å². The Balaban J connectivity index is 2.02. The van der Waals surface area contributed by atoms with Gasteiger partial charge in [-0.1, -0.05) is 13.0 Å². The lowest BCUT2D eigenvalue weighted by molar-refractivity contribution is 0.0389. The maximum absolute atomic E-state index is 13.5. The summed E-state index contributed by atoms with van der Waals surface area (Å²) in [5, 5.41) is 15.3. The van der Waals surface area contributed by atoms with Crippen molar-refractivity contribution in [2.45, 2.75) is 50.8 Å². The number of carbonyl (C=O) groups is 2. The number of rotatable bonds is 8. The van der Waals surface area contributed by atoms with Gasteiger partial charge in [0, 0.05) is 25.6 Å². The normalized spacial score (nSPS) is 18.9. The van der Waals surface area contributed by atoms with Crippen LogP contribution in [0.25, 0.3) is 0 Å². The minimum absolute atomic E-state index is 0.0706. The van der Waals surface area contributed by atoms with Crippen LogP contribution in [0, 0.1) is 11.7 Å². The maximum atomic E-state index is 13.5. The van der Waals surface area contributed by atoms with Gasteiger partial charge in [-0.05, 0) is 57.2 Å². The predicted octanol–water partition coefficient (Wildman–Crippen LogP) is 2.90. The summed E-state index contributed by atoms with van der Waals surface area (Å²) in [5.74, 6) is -1.20. The number of nitrogens with one attached hydrogen (secondary N) is 2. The number of halogens is 1. The standard InChI is InChI=1S/C26H35FN4O6S/c1-16(2)28-26(34)29-22-8-6-7-21-24(22)37-23(17(3)13-31(25(21)33)18(4)15-32)14-30(5)38(35,36)20-11-9-19(27)10-12-20/h6-12,16-18,23,32H,13-15H2,1-5H3,(H2,28,29,34)/t17-,18+,23-/m0/s1. The van der Waals surface area contributed by atoms with Gasteiger partial charge >= 0.3 is 6.03 Å². The van der Waals surface area contributed by atoms with E-state index in [4.69, 9.17) is 4.74 Å². The van der Waals surface area contributed by atoms with Gasteiger partial charge in [0.05, 0.1) is 35.3 Å². The first kappa shape index (κ1) is 29.3. The van der Waals surface area contributed by atoms with E-state index in [-0.39, 0.29) is 59.5 Å². The number of carbonyl (C=O) groups excluding carboxylic acids is 2. The van der Waals surface area contributed by atoms with Crippen LogP contribution in [-0.4, -0.2) is 79.6 Å². The number of amides is 3. The first-order valence-corrected chi connectivity index (χ1v) is 13.8. The van der Waals surface area contributed by atoms with Crippen molar-refractivity contribution in [2.24, 2.45) is 5.92 Å². The van der Waals surface area contributed by atoms with Gasteiger partial charge in [-0.25, -0.2) is 17.6 Å². The molecule has 3 N–H and O–H groups in total. The molecule has 1 heterocycles. The molecule has 38 heavy (non-hydrogen) atoms. The Morgan fingerprint density at radius 1 is 1.21 bits per heavy atom. The van der Waals surface area contributed by atoms with Gasteiger partial charge in [0.2, 0.25) is 10.0 Å². The molecule has 0 unspecified atom stereocenters. The summed E-state index contributed by atoms with van der Waals surface area (Å²) in [4.78, 5) is 27.4. The van der Waals surface area contributed by atoms with E-state index in [0.717, 1.165) is 16.4 Å². The molecule has 0 fully saturated rings. The molecule has 3 amide bonds. The third-order valence-electron chi connectivity index (χ3n) is 6.32. The lowest BCUT2D eigenvalue weighted by Gasteiger charge is -2.38. The lowest BCUT2D eigenvalue weighted by atomic mass is 9.99. The first-order valence-electron chi connectivity index (χ1n) is 12.4. The van der Waals surface area contributed by atoms with E-state index >= 15 is 0 Å². The van der Waals surface area contributed by atoms with Gasteiger partial charge < -0.3 is 25.4 Å². The number of sulfonamides is 1. The van der Waals surface area contributed by atoms with Crippen LogP contribution in [0.4, 0.5) is 14.9 Å². The molecule has 12 heteroatoms. The highest BCUT2D eigenvalue weighted by atomic mass is 32.2. The first-order chi connectivity index (χ1) is 17.8. The SMILES string of the molecule is CC(C)NC(=O)Nc1cccc2c1O[C@@H](CN(C)S(=O)(=O)c1ccc(F)cc1)[C@@H](C)CN([C@H](C)CO)C2=O. The van der Waals surface area contributed by atoms with Crippen LogP contribution in [0.5, 0.6) is 5.75 Å². The van der Waals surface area contributed by atoms with Crippen molar-refractivity contribution in [3.63, 3.8) is 0 Å². The molecule has 1 aliphatic heterocycles. The second kappa shape index (κ2) is 12.1. The number of ether oxygens (including phenoxy) is 1. The van der Waals surface area contributed by atoms with Crippen LogP contribution in [0.15, 0.2) is 47.4 Å². The van der Waals surface area contributed by atoms with E-state index in [1.54, 1.807) is 39.0 Å². The number of para-hydroxylation sites is 1. The minimum Gasteiger partial charge on any atom is -0.486 e. The Bertz CT molecular complexity index is 1250. The topological polar surface area (TPSA) is 128 Å². The van der Waals surface area contributed by atoms with E-state index in [1.165, 1.54) is 24.1 Å². The number of hydrogen-bond donors (Lipinski definition) is 3. The van der Waals surface area contributed by atoms with Crippen LogP contribution >= 0.6 is 0 Å². The average Bonchev–Trinajstić information content (AvgIpc) is 2.85. The van der Waals surface area contributed by atoms with Crippen LogP contribution in [0.3, 0.4) is 0 Å².